The maximum Gasteiger partial charge on any atom is 0.356 e. The van der Waals surface area contributed by atoms with Crippen molar-refractivity contribution in [1.29, 1.82) is 0 Å². The van der Waals surface area contributed by atoms with Gasteiger partial charge >= 0.3 is 5.97 Å². The summed E-state index contributed by atoms with van der Waals surface area (Å²) in [7, 11) is 3.74. The molecular weight excluding hydrogens is 196 g/mol. The Hall–Kier alpha value is -1.69. The molecule has 0 saturated carbocycles. The summed E-state index contributed by atoms with van der Waals surface area (Å²) < 4.78 is 0. The van der Waals surface area contributed by atoms with Crippen LogP contribution in [-0.4, -0.2) is 48.2 Å². The van der Waals surface area contributed by atoms with Crippen molar-refractivity contribution in [3.8, 4) is 0 Å². The maximum absolute atomic E-state index is 10.5. The van der Waals surface area contributed by atoms with Gasteiger partial charge in [0.1, 0.15) is 5.82 Å². The van der Waals surface area contributed by atoms with Crippen LogP contribution < -0.4 is 10.2 Å². The molecule has 0 aliphatic rings. The molecule has 0 amide bonds. The number of hydrogen-bond acceptors (Lipinski definition) is 5. The Bertz CT molecular complexity index is 325. The average molecular weight is 210 g/mol. The fourth-order valence-electron chi connectivity index (χ4n) is 1.02. The topological polar surface area (TPSA) is 78.4 Å². The van der Waals surface area contributed by atoms with Crippen molar-refractivity contribution in [3.05, 3.63) is 18.1 Å². The molecule has 0 spiro atoms. The zero-order valence-electron chi connectivity index (χ0n) is 8.77. The van der Waals surface area contributed by atoms with E-state index in [1.807, 2.05) is 19.0 Å². The third-order valence-corrected chi connectivity index (χ3v) is 1.95. The Morgan fingerprint density at radius 3 is 2.73 bits per heavy atom. The highest BCUT2D eigenvalue weighted by Gasteiger charge is 2.06. The summed E-state index contributed by atoms with van der Waals surface area (Å²) in [6.45, 7) is 1.62. The van der Waals surface area contributed by atoms with Crippen LogP contribution in [0.5, 0.6) is 0 Å². The minimum Gasteiger partial charge on any atom is -0.476 e. The van der Waals surface area contributed by atoms with Gasteiger partial charge in [-0.05, 0) is 7.05 Å². The molecule has 82 valence electrons. The van der Waals surface area contributed by atoms with Crippen molar-refractivity contribution in [1.82, 2.24) is 15.3 Å². The molecule has 6 nitrogen and oxygen atoms in total. The molecule has 0 aliphatic heterocycles. The first-order valence-corrected chi connectivity index (χ1v) is 4.56. The van der Waals surface area contributed by atoms with E-state index >= 15 is 0 Å². The molecule has 1 aromatic rings. The molecule has 0 atom stereocenters. The normalized spacial score (nSPS) is 10.0. The van der Waals surface area contributed by atoms with Gasteiger partial charge in [-0.2, -0.15) is 0 Å². The van der Waals surface area contributed by atoms with E-state index in [0.717, 1.165) is 13.1 Å². The quantitative estimate of drug-likeness (QED) is 0.702. The number of nitrogens with zero attached hydrogens (tertiary/aromatic N) is 3. The largest absolute Gasteiger partial charge is 0.476 e. The molecule has 0 fully saturated rings. The fourth-order valence-corrected chi connectivity index (χ4v) is 1.02. The standard InChI is InChI=1S/C9H14N4O2/c1-10-3-4-13(2)8-6-11-7(5-12-8)9(14)15/h5-6,10H,3-4H2,1-2H3,(H,14,15). The van der Waals surface area contributed by atoms with Gasteiger partial charge in [-0.15, -0.1) is 0 Å². The number of rotatable bonds is 5. The predicted molar refractivity (Wildman–Crippen MR) is 56.2 cm³/mol. The highest BCUT2D eigenvalue weighted by atomic mass is 16.4. The number of anilines is 1. The molecule has 1 aromatic heterocycles. The fraction of sp³-hybridized carbons (Fsp3) is 0.444. The van der Waals surface area contributed by atoms with Crippen molar-refractivity contribution >= 4 is 11.8 Å². The summed E-state index contributed by atoms with van der Waals surface area (Å²) in [5.41, 5.74) is -0.0410. The van der Waals surface area contributed by atoms with E-state index in [2.05, 4.69) is 15.3 Å². The lowest BCUT2D eigenvalue weighted by molar-refractivity contribution is 0.0690. The van der Waals surface area contributed by atoms with Gasteiger partial charge in [0.25, 0.3) is 0 Å². The zero-order chi connectivity index (χ0) is 11.3. The summed E-state index contributed by atoms with van der Waals surface area (Å²) in [5, 5.41) is 11.6. The van der Waals surface area contributed by atoms with Gasteiger partial charge in [0, 0.05) is 20.1 Å². The van der Waals surface area contributed by atoms with Crippen molar-refractivity contribution in [3.63, 3.8) is 0 Å². The number of carboxylic acid groups (broad SMARTS) is 1. The minimum absolute atomic E-state index is 0.0410. The van der Waals surface area contributed by atoms with Crippen LogP contribution in [0.3, 0.4) is 0 Å². The number of carbonyl (C=O) groups is 1. The molecule has 0 bridgehead atoms. The van der Waals surface area contributed by atoms with Crippen LogP contribution in [0.1, 0.15) is 10.5 Å². The molecule has 1 heterocycles. The molecule has 0 aliphatic carbocycles. The summed E-state index contributed by atoms with van der Waals surface area (Å²) in [5.74, 6) is -0.401. The first-order chi connectivity index (χ1) is 7.15. The Kier molecular flexibility index (Phi) is 3.99. The van der Waals surface area contributed by atoms with Gasteiger partial charge < -0.3 is 15.3 Å². The zero-order valence-corrected chi connectivity index (χ0v) is 8.77. The molecule has 0 aromatic carbocycles. The monoisotopic (exact) mass is 210 g/mol. The maximum atomic E-state index is 10.5. The molecule has 0 radical (unpaired) electrons. The predicted octanol–water partition coefficient (Wildman–Crippen LogP) is -0.170. The second-order valence-electron chi connectivity index (χ2n) is 3.09. The molecule has 15 heavy (non-hydrogen) atoms. The van der Waals surface area contributed by atoms with Crippen LogP contribution >= 0.6 is 0 Å². The van der Waals surface area contributed by atoms with E-state index in [-0.39, 0.29) is 5.69 Å². The van der Waals surface area contributed by atoms with Gasteiger partial charge in [0.15, 0.2) is 5.69 Å². The van der Waals surface area contributed by atoms with Gasteiger partial charge in [-0.3, -0.25) is 0 Å². The Morgan fingerprint density at radius 2 is 2.27 bits per heavy atom. The van der Waals surface area contributed by atoms with Crippen molar-refractivity contribution in [2.45, 2.75) is 0 Å². The number of nitrogens with one attached hydrogen (secondary N) is 1. The minimum atomic E-state index is -1.06. The highest BCUT2D eigenvalue weighted by molar-refractivity contribution is 5.84. The molecule has 1 rings (SSSR count). The highest BCUT2D eigenvalue weighted by Crippen LogP contribution is 2.05. The third-order valence-electron chi connectivity index (χ3n) is 1.95. The second-order valence-corrected chi connectivity index (χ2v) is 3.09. The Labute approximate surface area is 88.0 Å². The van der Waals surface area contributed by atoms with E-state index in [4.69, 9.17) is 5.11 Å². The van der Waals surface area contributed by atoms with Crippen LogP contribution in [0, 0.1) is 0 Å². The van der Waals surface area contributed by atoms with E-state index < -0.39 is 5.97 Å². The first kappa shape index (κ1) is 11.4. The van der Waals surface area contributed by atoms with Crippen LogP contribution in [0.15, 0.2) is 12.4 Å². The summed E-state index contributed by atoms with van der Waals surface area (Å²) in [6.07, 6.45) is 2.71. The smallest absolute Gasteiger partial charge is 0.356 e. The first-order valence-electron chi connectivity index (χ1n) is 4.56. The second kappa shape index (κ2) is 5.26. The van der Waals surface area contributed by atoms with Crippen LogP contribution in [0.2, 0.25) is 0 Å². The van der Waals surface area contributed by atoms with Crippen LogP contribution in [0.25, 0.3) is 0 Å². The van der Waals surface area contributed by atoms with Crippen molar-refractivity contribution in [2.24, 2.45) is 0 Å². The van der Waals surface area contributed by atoms with Gasteiger partial charge in [0.2, 0.25) is 0 Å². The SMILES string of the molecule is CNCCN(C)c1cnc(C(=O)O)cn1. The van der Waals surface area contributed by atoms with Gasteiger partial charge in [0.05, 0.1) is 12.4 Å². The number of likely N-dealkylation sites (N-methyl/N-ethyl adjacent to an activating group) is 2. The number of hydrogen-bond donors (Lipinski definition) is 2. The van der Waals surface area contributed by atoms with E-state index in [1.54, 1.807) is 0 Å². The van der Waals surface area contributed by atoms with Crippen molar-refractivity contribution in [2.75, 3.05) is 32.1 Å². The number of aromatic carboxylic acids is 1. The number of aromatic nitrogens is 2. The molecule has 0 saturated heterocycles. The van der Waals surface area contributed by atoms with Crippen LogP contribution in [-0.2, 0) is 0 Å². The summed E-state index contributed by atoms with van der Waals surface area (Å²) >= 11 is 0. The van der Waals surface area contributed by atoms with Crippen molar-refractivity contribution < 1.29 is 9.90 Å². The summed E-state index contributed by atoms with van der Waals surface area (Å²) in [6, 6.07) is 0. The molecular formula is C9H14N4O2. The third kappa shape index (κ3) is 3.17. The van der Waals surface area contributed by atoms with E-state index in [9.17, 15) is 4.79 Å². The van der Waals surface area contributed by atoms with E-state index in [1.165, 1.54) is 12.4 Å². The van der Waals surface area contributed by atoms with Crippen LogP contribution in [0.4, 0.5) is 5.82 Å². The Morgan fingerprint density at radius 1 is 1.53 bits per heavy atom. The van der Waals surface area contributed by atoms with E-state index in [0.29, 0.717) is 5.82 Å². The lowest BCUT2D eigenvalue weighted by Crippen LogP contribution is -2.27. The molecule has 6 heteroatoms. The molecule has 2 N–H and O–H groups in total. The van der Waals surface area contributed by atoms with Gasteiger partial charge in [-0.1, -0.05) is 0 Å². The van der Waals surface area contributed by atoms with Gasteiger partial charge in [-0.25, -0.2) is 14.8 Å². The summed E-state index contributed by atoms with van der Waals surface area (Å²) in [4.78, 5) is 20.2. The lowest BCUT2D eigenvalue weighted by Gasteiger charge is -2.16. The molecule has 0 unspecified atom stereocenters. The Balaban J connectivity index is 2.66. The number of carboxylic acids is 1. The average Bonchev–Trinajstić information content (AvgIpc) is 2.26. The lowest BCUT2D eigenvalue weighted by atomic mass is 10.4.